The largest absolute Gasteiger partial charge is 0.490 e. The lowest BCUT2D eigenvalue weighted by molar-refractivity contribution is 0.0949. The molecule has 0 spiro atoms. The molecule has 1 amide bonds. The molecule has 2 aromatic carbocycles. The standard InChI is InChI=1S/C20H24FNO4/c1-4-24-17-11-15(12-18(25-5-2)19(17)26-6-3)20(23)22-13-14-7-9-16(21)10-8-14/h7-12H,4-6,13H2,1-3H3,(H,22,23). The molecule has 0 aromatic heterocycles. The summed E-state index contributed by atoms with van der Waals surface area (Å²) < 4.78 is 29.8. The molecule has 1 N–H and O–H groups in total. The number of rotatable bonds is 9. The van der Waals surface area contributed by atoms with Gasteiger partial charge in [-0.3, -0.25) is 4.79 Å². The molecule has 0 heterocycles. The number of carbonyl (C=O) groups is 1. The SMILES string of the molecule is CCOc1cc(C(=O)NCc2ccc(F)cc2)cc(OCC)c1OCC. The molecule has 0 fully saturated rings. The Hall–Kier alpha value is -2.76. The summed E-state index contributed by atoms with van der Waals surface area (Å²) in [6, 6.07) is 9.25. The van der Waals surface area contributed by atoms with E-state index in [0.717, 1.165) is 5.56 Å². The van der Waals surface area contributed by atoms with E-state index in [1.165, 1.54) is 12.1 Å². The minimum Gasteiger partial charge on any atom is -0.490 e. The van der Waals surface area contributed by atoms with E-state index in [9.17, 15) is 9.18 Å². The Kier molecular flexibility index (Phi) is 7.26. The quantitative estimate of drug-likeness (QED) is 0.735. The number of hydrogen-bond acceptors (Lipinski definition) is 4. The van der Waals surface area contributed by atoms with Crippen molar-refractivity contribution < 1.29 is 23.4 Å². The Morgan fingerprint density at radius 3 is 1.96 bits per heavy atom. The average molecular weight is 361 g/mol. The molecular formula is C20H24FNO4. The number of halogens is 1. The van der Waals surface area contributed by atoms with E-state index in [4.69, 9.17) is 14.2 Å². The van der Waals surface area contributed by atoms with Crippen LogP contribution in [0.15, 0.2) is 36.4 Å². The summed E-state index contributed by atoms with van der Waals surface area (Å²) in [5, 5.41) is 2.81. The molecule has 0 bridgehead atoms. The summed E-state index contributed by atoms with van der Waals surface area (Å²) >= 11 is 0. The van der Waals surface area contributed by atoms with Crippen molar-refractivity contribution in [3.8, 4) is 17.2 Å². The second-order valence-electron chi connectivity index (χ2n) is 5.41. The van der Waals surface area contributed by atoms with Crippen molar-refractivity contribution in [2.45, 2.75) is 27.3 Å². The van der Waals surface area contributed by atoms with Gasteiger partial charge in [0, 0.05) is 12.1 Å². The van der Waals surface area contributed by atoms with Crippen LogP contribution in [-0.2, 0) is 6.54 Å². The summed E-state index contributed by atoms with van der Waals surface area (Å²) in [6.45, 7) is 7.21. The predicted octanol–water partition coefficient (Wildman–Crippen LogP) is 3.95. The summed E-state index contributed by atoms with van der Waals surface area (Å²) in [7, 11) is 0. The van der Waals surface area contributed by atoms with Crippen molar-refractivity contribution >= 4 is 5.91 Å². The van der Waals surface area contributed by atoms with Crippen molar-refractivity contribution in [2.24, 2.45) is 0 Å². The van der Waals surface area contributed by atoms with Gasteiger partial charge >= 0.3 is 0 Å². The number of benzene rings is 2. The lowest BCUT2D eigenvalue weighted by atomic mass is 10.1. The van der Waals surface area contributed by atoms with E-state index in [1.807, 2.05) is 20.8 Å². The van der Waals surface area contributed by atoms with Crippen molar-refractivity contribution in [1.29, 1.82) is 0 Å². The highest BCUT2D eigenvalue weighted by atomic mass is 19.1. The predicted molar refractivity (Wildman–Crippen MR) is 97.5 cm³/mol. The van der Waals surface area contributed by atoms with Crippen LogP contribution in [0.2, 0.25) is 0 Å². The molecule has 140 valence electrons. The van der Waals surface area contributed by atoms with Crippen LogP contribution in [0, 0.1) is 5.82 Å². The van der Waals surface area contributed by atoms with Gasteiger partial charge in [-0.1, -0.05) is 12.1 Å². The van der Waals surface area contributed by atoms with Crippen LogP contribution in [0.1, 0.15) is 36.7 Å². The van der Waals surface area contributed by atoms with Gasteiger partial charge in [-0.2, -0.15) is 0 Å². The highest BCUT2D eigenvalue weighted by Gasteiger charge is 2.18. The Bertz CT molecular complexity index is 704. The smallest absolute Gasteiger partial charge is 0.251 e. The molecule has 0 saturated carbocycles. The fraction of sp³-hybridized carbons (Fsp3) is 0.350. The zero-order valence-electron chi connectivity index (χ0n) is 15.3. The van der Waals surface area contributed by atoms with Gasteiger partial charge in [0.2, 0.25) is 5.75 Å². The third kappa shape index (κ3) is 5.12. The summed E-state index contributed by atoms with van der Waals surface area (Å²) in [4.78, 5) is 12.5. The van der Waals surface area contributed by atoms with Crippen LogP contribution < -0.4 is 19.5 Å². The highest BCUT2D eigenvalue weighted by Crippen LogP contribution is 2.39. The van der Waals surface area contributed by atoms with Crippen LogP contribution in [0.25, 0.3) is 0 Å². The molecule has 0 aliphatic rings. The number of ether oxygens (including phenoxy) is 3. The van der Waals surface area contributed by atoms with E-state index < -0.39 is 0 Å². The normalized spacial score (nSPS) is 10.3. The van der Waals surface area contributed by atoms with Gasteiger partial charge in [-0.15, -0.1) is 0 Å². The van der Waals surface area contributed by atoms with Crippen molar-refractivity contribution in [3.05, 3.63) is 53.3 Å². The fourth-order valence-corrected chi connectivity index (χ4v) is 2.41. The lowest BCUT2D eigenvalue weighted by Gasteiger charge is -2.17. The third-order valence-electron chi connectivity index (χ3n) is 3.54. The van der Waals surface area contributed by atoms with Gasteiger partial charge in [0.25, 0.3) is 5.91 Å². The molecule has 0 atom stereocenters. The lowest BCUT2D eigenvalue weighted by Crippen LogP contribution is -2.23. The molecule has 0 aliphatic heterocycles. The number of amides is 1. The first kappa shape index (κ1) is 19.6. The number of carbonyl (C=O) groups excluding carboxylic acids is 1. The summed E-state index contributed by atoms with van der Waals surface area (Å²) in [5.41, 5.74) is 1.21. The Labute approximate surface area is 153 Å². The van der Waals surface area contributed by atoms with Crippen molar-refractivity contribution in [1.82, 2.24) is 5.32 Å². The molecule has 5 nitrogen and oxygen atoms in total. The molecule has 26 heavy (non-hydrogen) atoms. The monoisotopic (exact) mass is 361 g/mol. The van der Waals surface area contributed by atoms with Crippen LogP contribution in [0.5, 0.6) is 17.2 Å². The minimum absolute atomic E-state index is 0.278. The number of hydrogen-bond donors (Lipinski definition) is 1. The van der Waals surface area contributed by atoms with Crippen LogP contribution in [0.3, 0.4) is 0 Å². The Balaban J connectivity index is 2.22. The molecule has 6 heteroatoms. The molecule has 0 aliphatic carbocycles. The van der Waals surface area contributed by atoms with Gasteiger partial charge in [-0.25, -0.2) is 4.39 Å². The van der Waals surface area contributed by atoms with Gasteiger partial charge in [0.1, 0.15) is 5.82 Å². The first-order valence-corrected chi connectivity index (χ1v) is 8.68. The molecular weight excluding hydrogens is 337 g/mol. The second kappa shape index (κ2) is 9.65. The zero-order chi connectivity index (χ0) is 18.9. The average Bonchev–Trinajstić information content (AvgIpc) is 2.63. The molecule has 0 radical (unpaired) electrons. The number of nitrogens with one attached hydrogen (secondary N) is 1. The van der Waals surface area contributed by atoms with E-state index >= 15 is 0 Å². The highest BCUT2D eigenvalue weighted by molar-refractivity contribution is 5.95. The van der Waals surface area contributed by atoms with Crippen molar-refractivity contribution in [2.75, 3.05) is 19.8 Å². The maximum Gasteiger partial charge on any atom is 0.251 e. The minimum atomic E-state index is -0.311. The van der Waals surface area contributed by atoms with Crippen LogP contribution >= 0.6 is 0 Å². The third-order valence-corrected chi connectivity index (χ3v) is 3.54. The maximum atomic E-state index is 13.0. The van der Waals surface area contributed by atoms with Gasteiger partial charge in [-0.05, 0) is 50.6 Å². The molecule has 0 unspecified atom stereocenters. The second-order valence-corrected chi connectivity index (χ2v) is 5.41. The first-order chi connectivity index (χ1) is 12.6. The van der Waals surface area contributed by atoms with Gasteiger partial charge < -0.3 is 19.5 Å². The van der Waals surface area contributed by atoms with E-state index in [2.05, 4.69) is 5.32 Å². The molecule has 2 aromatic rings. The van der Waals surface area contributed by atoms with E-state index in [0.29, 0.717) is 49.2 Å². The van der Waals surface area contributed by atoms with E-state index in [1.54, 1.807) is 24.3 Å². The summed E-state index contributed by atoms with van der Waals surface area (Å²) in [5.74, 6) is 0.833. The van der Waals surface area contributed by atoms with Crippen molar-refractivity contribution in [3.63, 3.8) is 0 Å². The Morgan fingerprint density at radius 2 is 1.46 bits per heavy atom. The maximum absolute atomic E-state index is 13.0. The first-order valence-electron chi connectivity index (χ1n) is 8.68. The fourth-order valence-electron chi connectivity index (χ4n) is 2.41. The molecule has 2 rings (SSSR count). The van der Waals surface area contributed by atoms with Gasteiger partial charge in [0.15, 0.2) is 11.5 Å². The topological polar surface area (TPSA) is 56.8 Å². The van der Waals surface area contributed by atoms with E-state index in [-0.39, 0.29) is 11.7 Å². The van der Waals surface area contributed by atoms with Gasteiger partial charge in [0.05, 0.1) is 19.8 Å². The summed E-state index contributed by atoms with van der Waals surface area (Å²) in [6.07, 6.45) is 0. The van der Waals surface area contributed by atoms with Crippen LogP contribution in [0.4, 0.5) is 4.39 Å². The Morgan fingerprint density at radius 1 is 0.923 bits per heavy atom. The molecule has 0 saturated heterocycles. The zero-order valence-corrected chi connectivity index (χ0v) is 15.3. The van der Waals surface area contributed by atoms with Crippen LogP contribution in [-0.4, -0.2) is 25.7 Å².